The van der Waals surface area contributed by atoms with Crippen molar-refractivity contribution < 1.29 is 24.7 Å². The molecule has 0 aliphatic heterocycles. The van der Waals surface area contributed by atoms with Gasteiger partial charge in [0.15, 0.2) is 0 Å². The Labute approximate surface area is 301 Å². The van der Waals surface area contributed by atoms with Gasteiger partial charge in [0.2, 0.25) is 6.33 Å². The van der Waals surface area contributed by atoms with Gasteiger partial charge in [0.05, 0.1) is 51.5 Å². The maximum atomic E-state index is 5.02. The average molecular weight is 820 g/mol. The van der Waals surface area contributed by atoms with E-state index in [4.69, 9.17) is 4.98 Å². The molecule has 0 amide bonds. The molecule has 11 rings (SSSR count). The van der Waals surface area contributed by atoms with Gasteiger partial charge in [-0.25, -0.2) is 0 Å². The molecule has 0 spiro atoms. The second-order valence-corrected chi connectivity index (χ2v) is 12.5. The number of aryl methyl sites for hydroxylation is 2. The molecular weight excluding hydrogens is 791 g/mol. The van der Waals surface area contributed by atoms with E-state index in [1.54, 1.807) is 0 Å². The summed E-state index contributed by atoms with van der Waals surface area (Å²) in [6.07, 6.45) is 3.27. The Bertz CT molecular complexity index is 3010. The molecule has 0 bridgehead atoms. The fourth-order valence-electron chi connectivity index (χ4n) is 7.71. The van der Waals surface area contributed by atoms with Crippen LogP contribution >= 0.6 is 0 Å². The van der Waals surface area contributed by atoms with E-state index < -0.39 is 0 Å². The molecule has 0 saturated heterocycles. The first-order valence-electron chi connectivity index (χ1n) is 16.5. The zero-order valence-electron chi connectivity index (χ0n) is 27.3. The number of rotatable bonds is 2. The minimum atomic E-state index is 0. The van der Waals surface area contributed by atoms with Gasteiger partial charge >= 0.3 is 20.1 Å². The van der Waals surface area contributed by atoms with E-state index in [2.05, 4.69) is 119 Å². The van der Waals surface area contributed by atoms with Crippen molar-refractivity contribution in [1.82, 2.24) is 18.5 Å². The van der Waals surface area contributed by atoms with Crippen molar-refractivity contribution in [3.63, 3.8) is 0 Å². The molecule has 0 radical (unpaired) electrons. The number of benzene rings is 7. The first kappa shape index (κ1) is 30.3. The summed E-state index contributed by atoms with van der Waals surface area (Å²) in [5, 5.41) is 7.72. The van der Waals surface area contributed by atoms with Crippen LogP contribution < -0.4 is 4.57 Å². The van der Waals surface area contributed by atoms with Gasteiger partial charge in [-0.05, 0) is 23.6 Å². The number of para-hydroxylation sites is 5. The van der Waals surface area contributed by atoms with Crippen LogP contribution in [0.2, 0.25) is 0 Å². The third kappa shape index (κ3) is 4.36. The van der Waals surface area contributed by atoms with Crippen molar-refractivity contribution in [3.05, 3.63) is 158 Å². The Hall–Kier alpha value is -5.81. The molecule has 4 aromatic heterocycles. The van der Waals surface area contributed by atoms with Crippen LogP contribution in [-0.2, 0) is 34.2 Å². The maximum Gasteiger partial charge on any atom is 3.00 e. The molecule has 0 unspecified atom stereocenters. The van der Waals surface area contributed by atoms with Crippen LogP contribution in [0.5, 0.6) is 0 Å². The minimum absolute atomic E-state index is 0. The van der Waals surface area contributed by atoms with Crippen molar-refractivity contribution in [1.29, 1.82) is 0 Å². The Kier molecular flexibility index (Phi) is 7.06. The zero-order chi connectivity index (χ0) is 32.6. The monoisotopic (exact) mass is 820 g/mol. The molecule has 0 N–H and O–H groups in total. The molecule has 238 valence electrons. The second-order valence-electron chi connectivity index (χ2n) is 12.5. The third-order valence-corrected chi connectivity index (χ3v) is 9.82. The van der Waals surface area contributed by atoms with Crippen LogP contribution in [0.4, 0.5) is 0 Å². The first-order chi connectivity index (χ1) is 24.2. The van der Waals surface area contributed by atoms with Gasteiger partial charge in [0, 0.05) is 34.0 Å². The predicted molar refractivity (Wildman–Crippen MR) is 199 cm³/mol. The van der Waals surface area contributed by atoms with Crippen LogP contribution in [-0.4, -0.2) is 18.5 Å². The average Bonchev–Trinajstić information content (AvgIpc) is 3.90. The Morgan fingerprint density at radius 1 is 0.600 bits per heavy atom. The quantitative estimate of drug-likeness (QED) is 0.126. The zero-order valence-corrected chi connectivity index (χ0v) is 29.7. The van der Waals surface area contributed by atoms with Crippen LogP contribution in [0.15, 0.2) is 140 Å². The van der Waals surface area contributed by atoms with Crippen LogP contribution in [0.25, 0.3) is 88.0 Å². The molecule has 50 heavy (non-hydrogen) atoms. The first-order valence-corrected chi connectivity index (χ1v) is 16.5. The van der Waals surface area contributed by atoms with Gasteiger partial charge in [0.25, 0.3) is 0 Å². The number of aromatic nitrogens is 5. The van der Waals surface area contributed by atoms with E-state index in [1.165, 1.54) is 59.9 Å². The summed E-state index contributed by atoms with van der Waals surface area (Å²) in [5.74, 6) is 0.942. The van der Waals surface area contributed by atoms with Crippen LogP contribution in [0.3, 0.4) is 0 Å². The Morgan fingerprint density at radius 2 is 1.32 bits per heavy atom. The van der Waals surface area contributed by atoms with Gasteiger partial charge < -0.3 is 18.1 Å². The normalized spacial score (nSPS) is 11.6. The van der Waals surface area contributed by atoms with E-state index >= 15 is 0 Å². The number of hydrogen-bond acceptors (Lipinski definition) is 1. The molecule has 0 saturated carbocycles. The summed E-state index contributed by atoms with van der Waals surface area (Å²) >= 11 is 0. The molecule has 7 aromatic carbocycles. The Morgan fingerprint density at radius 3 is 2.14 bits per heavy atom. The van der Waals surface area contributed by atoms with Crippen LogP contribution in [0.1, 0.15) is 0 Å². The van der Waals surface area contributed by atoms with E-state index in [9.17, 15) is 0 Å². The summed E-state index contributed by atoms with van der Waals surface area (Å²) in [7, 11) is 4.12. The fraction of sp³-hybridized carbons (Fsp3) is 0.0455. The van der Waals surface area contributed by atoms with Gasteiger partial charge in [0.1, 0.15) is 0 Å². The van der Waals surface area contributed by atoms with Crippen LogP contribution in [0, 0.1) is 18.5 Å². The maximum absolute atomic E-state index is 5.02. The van der Waals surface area contributed by atoms with Crippen molar-refractivity contribution in [2.45, 2.75) is 0 Å². The second kappa shape index (κ2) is 11.7. The molecule has 5 nitrogen and oxygen atoms in total. The smallest absolute Gasteiger partial charge is 0.366 e. The van der Waals surface area contributed by atoms with Gasteiger partial charge in [-0.15, -0.1) is 35.9 Å². The van der Waals surface area contributed by atoms with E-state index in [0.717, 1.165) is 28.1 Å². The van der Waals surface area contributed by atoms with E-state index in [1.807, 2.05) is 70.8 Å². The summed E-state index contributed by atoms with van der Waals surface area (Å²) in [6, 6.07) is 55.1. The van der Waals surface area contributed by atoms with Crippen molar-refractivity contribution in [2.24, 2.45) is 14.1 Å². The van der Waals surface area contributed by atoms with Crippen molar-refractivity contribution in [2.75, 3.05) is 0 Å². The number of fused-ring (bicyclic) bond motifs is 11. The molecule has 6 heteroatoms. The van der Waals surface area contributed by atoms with Gasteiger partial charge in [-0.1, -0.05) is 78.5 Å². The summed E-state index contributed by atoms with van der Waals surface area (Å²) in [4.78, 5) is 5.02. The fourth-order valence-corrected chi connectivity index (χ4v) is 7.71. The summed E-state index contributed by atoms with van der Waals surface area (Å²) in [5.41, 5.74) is 10.3. The SMILES string of the molecule is C[n+]1[c-]n(-c2[c-]cccc2)c2ccccc21.Cn1c(-c2[c-]cccc2)nc2ccc3ccc4c(c5cccc6c7ccccc7n4c65)c3c21.[Ir+3]. The Balaban J connectivity index is 0.000000167. The largest absolute Gasteiger partial charge is 3.00 e. The molecular formula is C44H29IrN5+. The van der Waals surface area contributed by atoms with E-state index in [-0.39, 0.29) is 20.1 Å². The molecule has 0 aliphatic carbocycles. The molecule has 0 fully saturated rings. The molecule has 0 atom stereocenters. The summed E-state index contributed by atoms with van der Waals surface area (Å²) in [6.45, 7) is 0. The molecule has 11 aromatic rings. The minimum Gasteiger partial charge on any atom is -0.366 e. The van der Waals surface area contributed by atoms with Gasteiger partial charge in [-0.2, -0.15) is 30.3 Å². The van der Waals surface area contributed by atoms with E-state index in [0.29, 0.717) is 0 Å². The van der Waals surface area contributed by atoms with Gasteiger partial charge in [-0.3, -0.25) is 4.98 Å². The molecule has 0 aliphatic rings. The predicted octanol–water partition coefficient (Wildman–Crippen LogP) is 9.40. The van der Waals surface area contributed by atoms with Crippen molar-refractivity contribution >= 4 is 70.9 Å². The standard InChI is InChI=1S/C30H18N3.C14H11N2.Ir/c1-32-29-23(31-30(32)19-8-3-2-4-9-19)16-14-18-15-17-25-27(26(18)29)22-12-7-11-21-20-10-5-6-13-24(20)33(25)28(21)22;1-15-11-16(12-7-3-2-4-8-12)14-10-6-5-9-13(14)15;/h2-8,10-17H,1H3;2-7,9-10H,1H3;/q2*-1;+3. The van der Waals surface area contributed by atoms with Crippen molar-refractivity contribution in [3.8, 4) is 17.1 Å². The topological polar surface area (TPSA) is 31.0 Å². The molecule has 4 heterocycles. The number of hydrogen-bond donors (Lipinski definition) is 0. The number of imidazole rings is 2. The third-order valence-electron chi connectivity index (χ3n) is 9.82. The summed E-state index contributed by atoms with van der Waals surface area (Å²) < 4.78 is 8.69. The number of nitrogens with zero attached hydrogens (tertiary/aromatic N) is 5.